The monoisotopic (exact) mass is 434 g/mol. The number of rotatable bonds is 7. The van der Waals surface area contributed by atoms with E-state index in [-0.39, 0.29) is 17.3 Å². The number of hydrogen-bond donors (Lipinski definition) is 1. The van der Waals surface area contributed by atoms with Gasteiger partial charge in [-0.3, -0.25) is 9.10 Å². The SMILES string of the molecule is Cc1ccc(Cl)cc1N(CC(=O)NCC1CCCCC1)S(=O)(=O)c1ccccc1. The van der Waals surface area contributed by atoms with E-state index in [9.17, 15) is 13.2 Å². The fourth-order valence-electron chi connectivity index (χ4n) is 3.71. The lowest BCUT2D eigenvalue weighted by Crippen LogP contribution is -2.42. The molecule has 156 valence electrons. The van der Waals surface area contributed by atoms with Gasteiger partial charge in [0.15, 0.2) is 0 Å². The Hall–Kier alpha value is -2.05. The Balaban J connectivity index is 1.85. The molecule has 3 rings (SSSR count). The van der Waals surface area contributed by atoms with Crippen molar-refractivity contribution in [3.05, 3.63) is 59.1 Å². The molecule has 1 amide bonds. The van der Waals surface area contributed by atoms with Gasteiger partial charge in [0.2, 0.25) is 5.91 Å². The zero-order valence-corrected chi connectivity index (χ0v) is 18.2. The Bertz CT molecular complexity index is 942. The van der Waals surface area contributed by atoms with Crippen molar-refractivity contribution in [3.63, 3.8) is 0 Å². The molecular weight excluding hydrogens is 408 g/mol. The second-order valence-corrected chi connectivity index (χ2v) is 9.86. The summed E-state index contributed by atoms with van der Waals surface area (Å²) in [6, 6.07) is 13.2. The van der Waals surface area contributed by atoms with Gasteiger partial charge in [0, 0.05) is 11.6 Å². The molecule has 0 radical (unpaired) electrons. The molecule has 0 atom stereocenters. The van der Waals surface area contributed by atoms with Crippen molar-refractivity contribution in [2.45, 2.75) is 43.9 Å². The molecule has 7 heteroatoms. The molecule has 5 nitrogen and oxygen atoms in total. The molecule has 0 aromatic heterocycles. The predicted molar refractivity (Wildman–Crippen MR) is 117 cm³/mol. The first kappa shape index (κ1) is 21.7. The van der Waals surface area contributed by atoms with E-state index < -0.39 is 10.0 Å². The summed E-state index contributed by atoms with van der Waals surface area (Å²) < 4.78 is 27.8. The third-order valence-corrected chi connectivity index (χ3v) is 7.38. The van der Waals surface area contributed by atoms with Crippen LogP contribution in [0, 0.1) is 12.8 Å². The predicted octanol–water partition coefficient (Wildman–Crippen LogP) is 4.54. The highest BCUT2D eigenvalue weighted by Crippen LogP contribution is 2.29. The van der Waals surface area contributed by atoms with Crippen molar-refractivity contribution in [1.29, 1.82) is 0 Å². The third kappa shape index (κ3) is 5.52. The summed E-state index contributed by atoms with van der Waals surface area (Å²) in [7, 11) is -3.92. The maximum absolute atomic E-state index is 13.3. The summed E-state index contributed by atoms with van der Waals surface area (Å²) >= 11 is 6.13. The largest absolute Gasteiger partial charge is 0.354 e. The summed E-state index contributed by atoms with van der Waals surface area (Å²) in [5.41, 5.74) is 1.14. The van der Waals surface area contributed by atoms with Gasteiger partial charge >= 0.3 is 0 Å². The molecule has 2 aromatic rings. The first-order valence-corrected chi connectivity index (χ1v) is 11.8. The molecule has 0 aliphatic heterocycles. The van der Waals surface area contributed by atoms with Crippen LogP contribution < -0.4 is 9.62 Å². The first-order chi connectivity index (χ1) is 13.9. The summed E-state index contributed by atoms with van der Waals surface area (Å²) in [4.78, 5) is 12.8. The number of sulfonamides is 1. The Labute approximate surface area is 178 Å². The summed E-state index contributed by atoms with van der Waals surface area (Å²) in [5, 5.41) is 3.35. The van der Waals surface area contributed by atoms with E-state index in [0.717, 1.165) is 22.7 Å². The van der Waals surface area contributed by atoms with Gasteiger partial charge in [-0.15, -0.1) is 0 Å². The number of amides is 1. The summed E-state index contributed by atoms with van der Waals surface area (Å²) in [6.45, 7) is 2.11. The van der Waals surface area contributed by atoms with Crippen molar-refractivity contribution in [1.82, 2.24) is 5.32 Å². The molecule has 0 heterocycles. The van der Waals surface area contributed by atoms with Gasteiger partial charge in [0.25, 0.3) is 10.0 Å². The average molecular weight is 435 g/mol. The molecule has 0 saturated heterocycles. The zero-order valence-electron chi connectivity index (χ0n) is 16.6. The number of anilines is 1. The molecule has 1 N–H and O–H groups in total. The zero-order chi connectivity index (χ0) is 20.9. The fourth-order valence-corrected chi connectivity index (χ4v) is 5.37. The first-order valence-electron chi connectivity index (χ1n) is 9.98. The molecule has 29 heavy (non-hydrogen) atoms. The fraction of sp³-hybridized carbons (Fsp3) is 0.409. The van der Waals surface area contributed by atoms with E-state index in [0.29, 0.717) is 23.2 Å². The Morgan fingerprint density at radius 1 is 1.10 bits per heavy atom. The molecule has 0 spiro atoms. The van der Waals surface area contributed by atoms with E-state index in [1.54, 1.807) is 43.3 Å². The van der Waals surface area contributed by atoms with E-state index in [1.807, 2.05) is 0 Å². The normalized spacial score (nSPS) is 15.1. The topological polar surface area (TPSA) is 66.5 Å². The minimum Gasteiger partial charge on any atom is -0.354 e. The number of aryl methyl sites for hydroxylation is 1. The van der Waals surface area contributed by atoms with Gasteiger partial charge in [0.1, 0.15) is 6.54 Å². The van der Waals surface area contributed by atoms with E-state index in [4.69, 9.17) is 11.6 Å². The molecule has 1 fully saturated rings. The van der Waals surface area contributed by atoms with Crippen LogP contribution in [0.15, 0.2) is 53.4 Å². The van der Waals surface area contributed by atoms with Crippen LogP contribution in [0.4, 0.5) is 5.69 Å². The van der Waals surface area contributed by atoms with E-state index >= 15 is 0 Å². The second kappa shape index (κ2) is 9.63. The minimum atomic E-state index is -3.92. The number of nitrogens with one attached hydrogen (secondary N) is 1. The molecule has 2 aromatic carbocycles. The number of nitrogens with zero attached hydrogens (tertiary/aromatic N) is 1. The van der Waals surface area contributed by atoms with Crippen molar-refractivity contribution >= 4 is 33.2 Å². The van der Waals surface area contributed by atoms with Gasteiger partial charge in [-0.2, -0.15) is 0 Å². The summed E-state index contributed by atoms with van der Waals surface area (Å²) in [5.74, 6) is 0.161. The van der Waals surface area contributed by atoms with Crippen LogP contribution >= 0.6 is 11.6 Å². The highest BCUT2D eigenvalue weighted by atomic mass is 35.5. The van der Waals surface area contributed by atoms with Crippen molar-refractivity contribution in [2.75, 3.05) is 17.4 Å². The maximum Gasteiger partial charge on any atom is 0.264 e. The number of carbonyl (C=O) groups is 1. The van der Waals surface area contributed by atoms with Gasteiger partial charge in [-0.05, 0) is 55.5 Å². The average Bonchev–Trinajstić information content (AvgIpc) is 2.73. The van der Waals surface area contributed by atoms with E-state index in [1.165, 1.54) is 31.4 Å². The van der Waals surface area contributed by atoms with Crippen LogP contribution in [0.25, 0.3) is 0 Å². The smallest absolute Gasteiger partial charge is 0.264 e. The number of halogens is 1. The Kier molecular flexibility index (Phi) is 7.19. The number of benzene rings is 2. The molecule has 1 aliphatic rings. The van der Waals surface area contributed by atoms with Crippen molar-refractivity contribution in [3.8, 4) is 0 Å². The van der Waals surface area contributed by atoms with Gasteiger partial charge in [-0.1, -0.05) is 55.1 Å². The lowest BCUT2D eigenvalue weighted by atomic mass is 9.89. The molecule has 1 aliphatic carbocycles. The number of hydrogen-bond acceptors (Lipinski definition) is 3. The molecule has 0 unspecified atom stereocenters. The van der Waals surface area contributed by atoms with Crippen molar-refractivity contribution < 1.29 is 13.2 Å². The molecule has 1 saturated carbocycles. The van der Waals surface area contributed by atoms with Gasteiger partial charge in [-0.25, -0.2) is 8.42 Å². The highest BCUT2D eigenvalue weighted by molar-refractivity contribution is 7.92. The minimum absolute atomic E-state index is 0.138. The Morgan fingerprint density at radius 3 is 2.48 bits per heavy atom. The third-order valence-electron chi connectivity index (χ3n) is 5.37. The van der Waals surface area contributed by atoms with Crippen LogP contribution in [0.5, 0.6) is 0 Å². The molecular formula is C22H27ClN2O3S. The highest BCUT2D eigenvalue weighted by Gasteiger charge is 2.28. The lowest BCUT2D eigenvalue weighted by Gasteiger charge is -2.27. The van der Waals surface area contributed by atoms with Gasteiger partial charge < -0.3 is 5.32 Å². The van der Waals surface area contributed by atoms with Crippen LogP contribution in [-0.2, 0) is 14.8 Å². The number of carbonyl (C=O) groups excluding carboxylic acids is 1. The van der Waals surface area contributed by atoms with Crippen LogP contribution in [0.1, 0.15) is 37.7 Å². The Morgan fingerprint density at radius 2 is 1.79 bits per heavy atom. The quantitative estimate of drug-likeness (QED) is 0.695. The lowest BCUT2D eigenvalue weighted by molar-refractivity contribution is -0.119. The second-order valence-electron chi connectivity index (χ2n) is 7.56. The van der Waals surface area contributed by atoms with E-state index in [2.05, 4.69) is 5.32 Å². The van der Waals surface area contributed by atoms with Crippen LogP contribution in [0.2, 0.25) is 5.02 Å². The van der Waals surface area contributed by atoms with Crippen LogP contribution in [0.3, 0.4) is 0 Å². The van der Waals surface area contributed by atoms with Gasteiger partial charge in [0.05, 0.1) is 10.6 Å². The maximum atomic E-state index is 13.3. The molecule has 0 bridgehead atoms. The van der Waals surface area contributed by atoms with Crippen molar-refractivity contribution in [2.24, 2.45) is 5.92 Å². The standard InChI is InChI=1S/C22H27ClN2O3S/c1-17-12-13-19(23)14-21(17)25(29(27,28)20-10-6-3-7-11-20)16-22(26)24-15-18-8-4-2-5-9-18/h3,6-7,10-14,18H,2,4-5,8-9,15-16H2,1H3,(H,24,26). The summed E-state index contributed by atoms with van der Waals surface area (Å²) in [6.07, 6.45) is 5.86. The van der Waals surface area contributed by atoms with Crippen LogP contribution in [-0.4, -0.2) is 27.4 Å².